The molecule has 8 nitrogen and oxygen atoms in total. The number of amides is 2. The van der Waals surface area contributed by atoms with E-state index < -0.39 is 41.5 Å². The Bertz CT molecular complexity index is 1400. The molecular formula is C36H45N3O5. The van der Waals surface area contributed by atoms with Gasteiger partial charge in [-0.2, -0.15) is 0 Å². The Morgan fingerprint density at radius 2 is 1.48 bits per heavy atom. The Balaban J connectivity index is 1.33. The molecule has 0 radical (unpaired) electrons. The number of hydrogen-bond donors (Lipinski definition) is 4. The number of carbonyl (C=O) groups is 2. The number of aliphatic hydroxyl groups excluding tert-OH is 1. The third-order valence-electron chi connectivity index (χ3n) is 8.80. The number of hydrogen-bond acceptors (Lipinski definition) is 6. The Morgan fingerprint density at radius 3 is 2.09 bits per heavy atom. The number of alkyl carbamates (subject to hydrolysis) is 1. The van der Waals surface area contributed by atoms with Crippen molar-refractivity contribution < 1.29 is 24.5 Å². The summed E-state index contributed by atoms with van der Waals surface area (Å²) in [6.07, 6.45) is 0.947. The van der Waals surface area contributed by atoms with Crippen LogP contribution in [-0.2, 0) is 28.8 Å². The Morgan fingerprint density at radius 1 is 0.909 bits per heavy atom. The lowest BCUT2D eigenvalue weighted by molar-refractivity contribution is -0.130. The molecule has 4 N–H and O–H groups in total. The molecule has 2 aliphatic rings. The van der Waals surface area contributed by atoms with Crippen LogP contribution in [0.5, 0.6) is 0 Å². The fourth-order valence-electron chi connectivity index (χ4n) is 6.47. The monoisotopic (exact) mass is 599 g/mol. The van der Waals surface area contributed by atoms with Gasteiger partial charge < -0.3 is 25.6 Å². The summed E-state index contributed by atoms with van der Waals surface area (Å²) in [5.74, 6) is -0.146. The van der Waals surface area contributed by atoms with Gasteiger partial charge in [0.05, 0.1) is 29.8 Å². The van der Waals surface area contributed by atoms with Crippen molar-refractivity contribution in [3.8, 4) is 0 Å². The van der Waals surface area contributed by atoms with E-state index >= 15 is 0 Å². The zero-order chi connectivity index (χ0) is 31.3. The van der Waals surface area contributed by atoms with Crippen molar-refractivity contribution in [3.05, 3.63) is 107 Å². The highest BCUT2D eigenvalue weighted by atomic mass is 16.6. The molecule has 1 heterocycles. The van der Waals surface area contributed by atoms with E-state index in [1.165, 1.54) is 0 Å². The van der Waals surface area contributed by atoms with Crippen molar-refractivity contribution in [3.63, 3.8) is 0 Å². The van der Waals surface area contributed by atoms with Crippen LogP contribution in [0.2, 0.25) is 0 Å². The van der Waals surface area contributed by atoms with Crippen LogP contribution in [0.3, 0.4) is 0 Å². The highest BCUT2D eigenvalue weighted by molar-refractivity contribution is 5.83. The highest BCUT2D eigenvalue weighted by Crippen LogP contribution is 2.33. The molecular weight excluding hydrogens is 554 g/mol. The fourth-order valence-corrected chi connectivity index (χ4v) is 6.47. The number of aliphatic hydroxyl groups is 2. The van der Waals surface area contributed by atoms with E-state index in [9.17, 15) is 19.8 Å². The van der Waals surface area contributed by atoms with Crippen LogP contribution in [-0.4, -0.2) is 69.6 Å². The third-order valence-corrected chi connectivity index (χ3v) is 8.80. The SMILES string of the molecule is CC(C)(C)OC(=O)NC(Cc1ccccc1)C1(O)CCN(C(Cc2ccccc2)C(=O)NC2c3ccccc3CC2O)CC1. The Hall–Kier alpha value is -3.72. The van der Waals surface area contributed by atoms with Crippen LogP contribution in [0.15, 0.2) is 84.9 Å². The third kappa shape index (κ3) is 7.86. The van der Waals surface area contributed by atoms with Gasteiger partial charge in [-0.15, -0.1) is 0 Å². The smallest absolute Gasteiger partial charge is 0.407 e. The van der Waals surface area contributed by atoms with E-state index in [1.807, 2.05) is 106 Å². The minimum atomic E-state index is -1.20. The van der Waals surface area contributed by atoms with Gasteiger partial charge in [0.1, 0.15) is 5.60 Å². The van der Waals surface area contributed by atoms with Gasteiger partial charge in [-0.05, 0) is 68.7 Å². The molecule has 1 aliphatic heterocycles. The van der Waals surface area contributed by atoms with E-state index in [0.29, 0.717) is 45.2 Å². The number of carbonyl (C=O) groups excluding carboxylic acids is 2. The largest absolute Gasteiger partial charge is 0.444 e. The lowest BCUT2D eigenvalue weighted by Gasteiger charge is -2.45. The van der Waals surface area contributed by atoms with Crippen LogP contribution in [0.4, 0.5) is 4.79 Å². The topological polar surface area (TPSA) is 111 Å². The molecule has 4 unspecified atom stereocenters. The number of rotatable bonds is 9. The normalized spacial score (nSPS) is 21.1. The van der Waals surface area contributed by atoms with Crippen molar-refractivity contribution in [1.82, 2.24) is 15.5 Å². The lowest BCUT2D eigenvalue weighted by atomic mass is 9.80. The predicted octanol–water partition coefficient (Wildman–Crippen LogP) is 4.34. The number of nitrogens with zero attached hydrogens (tertiary/aromatic N) is 1. The number of nitrogens with one attached hydrogen (secondary N) is 2. The van der Waals surface area contributed by atoms with Gasteiger partial charge in [-0.3, -0.25) is 9.69 Å². The summed E-state index contributed by atoms with van der Waals surface area (Å²) in [7, 11) is 0. The molecule has 3 aromatic rings. The van der Waals surface area contributed by atoms with E-state index in [0.717, 1.165) is 22.3 Å². The average molecular weight is 600 g/mol. The summed E-state index contributed by atoms with van der Waals surface area (Å²) >= 11 is 0. The second kappa shape index (κ2) is 13.5. The predicted molar refractivity (Wildman–Crippen MR) is 170 cm³/mol. The molecule has 0 bridgehead atoms. The Kier molecular flexibility index (Phi) is 9.73. The lowest BCUT2D eigenvalue weighted by Crippen LogP contribution is -2.61. The minimum absolute atomic E-state index is 0.146. The maximum Gasteiger partial charge on any atom is 0.407 e. The van der Waals surface area contributed by atoms with Gasteiger partial charge in [0.2, 0.25) is 5.91 Å². The van der Waals surface area contributed by atoms with Crippen LogP contribution >= 0.6 is 0 Å². The first-order valence-electron chi connectivity index (χ1n) is 15.6. The first-order valence-corrected chi connectivity index (χ1v) is 15.6. The quantitative estimate of drug-likeness (QED) is 0.291. The van der Waals surface area contributed by atoms with Crippen LogP contribution < -0.4 is 10.6 Å². The molecule has 2 amide bonds. The molecule has 1 aliphatic carbocycles. The minimum Gasteiger partial charge on any atom is -0.444 e. The zero-order valence-corrected chi connectivity index (χ0v) is 25.9. The van der Waals surface area contributed by atoms with Crippen LogP contribution in [0.1, 0.15) is 61.9 Å². The first kappa shape index (κ1) is 31.7. The highest BCUT2D eigenvalue weighted by Gasteiger charge is 2.44. The van der Waals surface area contributed by atoms with Gasteiger partial charge in [0.15, 0.2) is 0 Å². The average Bonchev–Trinajstić information content (AvgIpc) is 3.30. The summed E-state index contributed by atoms with van der Waals surface area (Å²) < 4.78 is 5.55. The van der Waals surface area contributed by atoms with Crippen molar-refractivity contribution in [2.45, 2.75) is 88.3 Å². The van der Waals surface area contributed by atoms with E-state index in [2.05, 4.69) is 15.5 Å². The molecule has 1 saturated heterocycles. The summed E-state index contributed by atoms with van der Waals surface area (Å²) in [5.41, 5.74) is 2.18. The second-order valence-corrected chi connectivity index (χ2v) is 13.2. The van der Waals surface area contributed by atoms with Crippen molar-refractivity contribution in [1.29, 1.82) is 0 Å². The zero-order valence-electron chi connectivity index (χ0n) is 25.9. The first-order chi connectivity index (χ1) is 21.0. The number of fused-ring (bicyclic) bond motifs is 1. The molecule has 44 heavy (non-hydrogen) atoms. The summed E-state index contributed by atoms with van der Waals surface area (Å²) in [6.45, 7) is 6.37. The molecule has 1 fully saturated rings. The second-order valence-electron chi connectivity index (χ2n) is 13.2. The van der Waals surface area contributed by atoms with Crippen molar-refractivity contribution in [2.75, 3.05) is 13.1 Å². The number of ether oxygens (including phenoxy) is 1. The molecule has 8 heteroatoms. The molecule has 4 atom stereocenters. The van der Waals surface area contributed by atoms with Crippen LogP contribution in [0, 0.1) is 0 Å². The summed E-state index contributed by atoms with van der Waals surface area (Å²) in [4.78, 5) is 29.0. The van der Waals surface area contributed by atoms with Gasteiger partial charge in [-0.1, -0.05) is 84.9 Å². The molecule has 3 aromatic carbocycles. The van der Waals surface area contributed by atoms with E-state index in [4.69, 9.17) is 4.74 Å². The molecule has 234 valence electrons. The van der Waals surface area contributed by atoms with Crippen LogP contribution in [0.25, 0.3) is 0 Å². The van der Waals surface area contributed by atoms with E-state index in [-0.39, 0.29) is 5.91 Å². The standard InChI is InChI=1S/C36H45N3O5/c1-35(2,3)44-34(42)37-31(23-26-14-8-5-9-15-26)36(43)18-20-39(21-19-36)29(22-25-12-6-4-7-13-25)33(41)38-32-28-17-11-10-16-27(28)24-30(32)40/h4-17,29-32,40,43H,18-24H2,1-3H3,(H,37,42)(H,38,41). The Labute approximate surface area is 260 Å². The maximum absolute atomic E-state index is 14.0. The van der Waals surface area contributed by atoms with Crippen molar-refractivity contribution in [2.24, 2.45) is 0 Å². The van der Waals surface area contributed by atoms with Gasteiger partial charge in [0, 0.05) is 19.5 Å². The van der Waals surface area contributed by atoms with Crippen molar-refractivity contribution >= 4 is 12.0 Å². The molecule has 0 aromatic heterocycles. The molecule has 5 rings (SSSR count). The summed E-state index contributed by atoms with van der Waals surface area (Å²) in [6, 6.07) is 26.0. The summed E-state index contributed by atoms with van der Waals surface area (Å²) in [5, 5.41) is 29.0. The van der Waals surface area contributed by atoms with Gasteiger partial charge in [-0.25, -0.2) is 4.79 Å². The number of likely N-dealkylation sites (tertiary alicyclic amines) is 1. The van der Waals surface area contributed by atoms with Gasteiger partial charge >= 0.3 is 6.09 Å². The number of piperidine rings is 1. The molecule has 0 saturated carbocycles. The molecule has 0 spiro atoms. The van der Waals surface area contributed by atoms with Gasteiger partial charge in [0.25, 0.3) is 0 Å². The fraction of sp³-hybridized carbons (Fsp3) is 0.444. The van der Waals surface area contributed by atoms with E-state index in [1.54, 1.807) is 0 Å². The number of benzene rings is 3. The maximum atomic E-state index is 14.0.